The van der Waals surface area contributed by atoms with Crippen molar-refractivity contribution < 1.29 is 22.4 Å². The lowest BCUT2D eigenvalue weighted by molar-refractivity contribution is -0.184. The zero-order valence-corrected chi connectivity index (χ0v) is 13.6. The number of carbonyl (C=O) groups is 1. The molecule has 1 aliphatic carbocycles. The number of carbonyl (C=O) groups excluding carboxylic acids is 1. The Morgan fingerprint density at radius 2 is 2.25 bits per heavy atom. The minimum atomic E-state index is -4.18. The van der Waals surface area contributed by atoms with E-state index in [0.717, 1.165) is 0 Å². The average molecular weight is 358 g/mol. The predicted molar refractivity (Wildman–Crippen MR) is 83.5 cm³/mol. The van der Waals surface area contributed by atoms with Crippen LogP contribution in [0.2, 0.25) is 0 Å². The first-order valence-electron chi connectivity index (χ1n) is 7.76. The molecule has 1 amide bonds. The van der Waals surface area contributed by atoms with Crippen molar-refractivity contribution in [3.63, 3.8) is 0 Å². The molecule has 1 N–H and O–H groups in total. The summed E-state index contributed by atoms with van der Waals surface area (Å²) in [7, 11) is 0. The van der Waals surface area contributed by atoms with Gasteiger partial charge in [-0.2, -0.15) is 13.2 Å². The molecule has 8 heteroatoms. The van der Waals surface area contributed by atoms with Gasteiger partial charge in [-0.1, -0.05) is 6.42 Å². The van der Waals surface area contributed by atoms with Crippen LogP contribution in [0.15, 0.2) is 28.2 Å². The molecular weight excluding hydrogens is 341 g/mol. The van der Waals surface area contributed by atoms with E-state index in [9.17, 15) is 18.0 Å². The lowest BCUT2D eigenvalue weighted by Crippen LogP contribution is -2.42. The van der Waals surface area contributed by atoms with Gasteiger partial charge in [-0.05, 0) is 31.4 Å². The summed E-state index contributed by atoms with van der Waals surface area (Å²) in [5.41, 5.74) is 0.590. The molecule has 2 unspecified atom stereocenters. The Kier molecular flexibility index (Phi) is 4.93. The number of hydrogen-bond donors (Lipinski definition) is 1. The van der Waals surface area contributed by atoms with Gasteiger partial charge < -0.3 is 9.73 Å². The molecule has 2 atom stereocenters. The second kappa shape index (κ2) is 6.96. The van der Waals surface area contributed by atoms with E-state index < -0.39 is 18.1 Å². The van der Waals surface area contributed by atoms with Crippen molar-refractivity contribution >= 4 is 17.2 Å². The molecule has 2 heterocycles. The van der Waals surface area contributed by atoms with Crippen LogP contribution in [-0.4, -0.2) is 23.1 Å². The Balaban J connectivity index is 1.54. The quantitative estimate of drug-likeness (QED) is 0.892. The summed E-state index contributed by atoms with van der Waals surface area (Å²) >= 11 is 1.37. The van der Waals surface area contributed by atoms with Gasteiger partial charge >= 0.3 is 6.18 Å². The van der Waals surface area contributed by atoms with E-state index in [-0.39, 0.29) is 25.2 Å². The van der Waals surface area contributed by atoms with Crippen LogP contribution >= 0.6 is 11.3 Å². The van der Waals surface area contributed by atoms with Crippen molar-refractivity contribution in [1.82, 2.24) is 10.3 Å². The minimum Gasteiger partial charge on any atom is -0.462 e. The third-order valence-corrected chi connectivity index (χ3v) is 5.03. The predicted octanol–water partition coefficient (Wildman–Crippen LogP) is 4.18. The Bertz CT molecular complexity index is 682. The topological polar surface area (TPSA) is 55.1 Å². The van der Waals surface area contributed by atoms with E-state index in [2.05, 4.69) is 10.3 Å². The second-order valence-corrected chi connectivity index (χ2v) is 6.83. The maximum atomic E-state index is 12.8. The first-order valence-corrected chi connectivity index (χ1v) is 8.64. The highest BCUT2D eigenvalue weighted by Crippen LogP contribution is 2.37. The van der Waals surface area contributed by atoms with Crippen LogP contribution in [0.5, 0.6) is 0 Å². The summed E-state index contributed by atoms with van der Waals surface area (Å²) in [6.45, 7) is 0. The van der Waals surface area contributed by atoms with Gasteiger partial charge in [0.15, 0.2) is 10.8 Å². The highest BCUT2D eigenvalue weighted by molar-refractivity contribution is 7.13. The van der Waals surface area contributed by atoms with Crippen molar-refractivity contribution in [1.29, 1.82) is 0 Å². The van der Waals surface area contributed by atoms with Crippen LogP contribution in [0.25, 0.3) is 10.8 Å². The number of nitrogens with zero attached hydrogens (tertiary/aromatic N) is 1. The standard InChI is InChI=1S/C16H17F3N2O2S/c17-16(18,19)10-3-1-4-11(7-10)20-14(22)8-12-9-24-15(21-12)13-5-2-6-23-13/h2,5-6,9-11H,1,3-4,7-8H2,(H,20,22). The van der Waals surface area contributed by atoms with Gasteiger partial charge in [0.05, 0.1) is 24.3 Å². The number of halogens is 3. The largest absolute Gasteiger partial charge is 0.462 e. The van der Waals surface area contributed by atoms with Gasteiger partial charge in [0.2, 0.25) is 5.91 Å². The molecule has 24 heavy (non-hydrogen) atoms. The first kappa shape index (κ1) is 17.0. The summed E-state index contributed by atoms with van der Waals surface area (Å²) in [6, 6.07) is 3.12. The average Bonchev–Trinajstić information content (AvgIpc) is 3.17. The number of alkyl halides is 3. The normalized spacial score (nSPS) is 21.6. The van der Waals surface area contributed by atoms with Crippen LogP contribution in [0.4, 0.5) is 13.2 Å². The summed E-state index contributed by atoms with van der Waals surface area (Å²) < 4.78 is 43.7. The molecule has 4 nitrogen and oxygen atoms in total. The molecule has 1 fully saturated rings. The molecule has 0 aliphatic heterocycles. The number of furan rings is 1. The van der Waals surface area contributed by atoms with Gasteiger partial charge in [-0.3, -0.25) is 4.79 Å². The lowest BCUT2D eigenvalue weighted by atomic mass is 9.85. The second-order valence-electron chi connectivity index (χ2n) is 5.97. The summed E-state index contributed by atoms with van der Waals surface area (Å²) in [4.78, 5) is 16.4. The van der Waals surface area contributed by atoms with E-state index in [4.69, 9.17) is 4.42 Å². The molecule has 1 aliphatic rings. The molecule has 0 saturated heterocycles. The fraction of sp³-hybridized carbons (Fsp3) is 0.500. The summed E-state index contributed by atoms with van der Waals surface area (Å²) in [6.07, 6.45) is -1.40. The van der Waals surface area contributed by atoms with E-state index in [1.165, 1.54) is 11.3 Å². The fourth-order valence-corrected chi connectivity index (χ4v) is 3.75. The van der Waals surface area contributed by atoms with Gasteiger partial charge in [0.1, 0.15) is 0 Å². The molecule has 3 rings (SSSR count). The van der Waals surface area contributed by atoms with Crippen LogP contribution in [-0.2, 0) is 11.2 Å². The van der Waals surface area contributed by atoms with Crippen molar-refractivity contribution in [3.05, 3.63) is 29.5 Å². The molecule has 0 radical (unpaired) electrons. The van der Waals surface area contributed by atoms with E-state index in [0.29, 0.717) is 29.3 Å². The van der Waals surface area contributed by atoms with Crippen molar-refractivity contribution in [2.45, 2.75) is 44.3 Å². The van der Waals surface area contributed by atoms with Gasteiger partial charge in [0, 0.05) is 11.4 Å². The minimum absolute atomic E-state index is 0.0377. The van der Waals surface area contributed by atoms with E-state index in [1.54, 1.807) is 23.8 Å². The number of rotatable bonds is 4. The van der Waals surface area contributed by atoms with Gasteiger partial charge in [-0.25, -0.2) is 4.98 Å². The van der Waals surface area contributed by atoms with Crippen molar-refractivity contribution in [3.8, 4) is 10.8 Å². The third kappa shape index (κ3) is 4.17. The molecule has 2 aromatic rings. The highest BCUT2D eigenvalue weighted by Gasteiger charge is 2.42. The number of nitrogens with one attached hydrogen (secondary N) is 1. The first-order chi connectivity index (χ1) is 11.4. The van der Waals surface area contributed by atoms with Crippen LogP contribution in [0.3, 0.4) is 0 Å². The zero-order valence-electron chi connectivity index (χ0n) is 12.8. The Labute approximate surface area is 141 Å². The molecule has 0 spiro atoms. The monoisotopic (exact) mass is 358 g/mol. The molecular formula is C16H17F3N2O2S. The number of thiazole rings is 1. The van der Waals surface area contributed by atoms with Crippen LogP contribution in [0, 0.1) is 5.92 Å². The van der Waals surface area contributed by atoms with Crippen LogP contribution < -0.4 is 5.32 Å². The maximum Gasteiger partial charge on any atom is 0.391 e. The number of amides is 1. The number of hydrogen-bond acceptors (Lipinski definition) is 4. The maximum absolute atomic E-state index is 12.8. The third-order valence-electron chi connectivity index (χ3n) is 4.13. The Morgan fingerprint density at radius 3 is 2.96 bits per heavy atom. The smallest absolute Gasteiger partial charge is 0.391 e. The summed E-state index contributed by atoms with van der Waals surface area (Å²) in [5.74, 6) is -0.979. The molecule has 0 bridgehead atoms. The molecule has 1 saturated carbocycles. The Morgan fingerprint density at radius 1 is 1.42 bits per heavy atom. The fourth-order valence-electron chi connectivity index (χ4n) is 2.96. The van der Waals surface area contributed by atoms with Crippen molar-refractivity contribution in [2.24, 2.45) is 5.92 Å². The zero-order chi connectivity index (χ0) is 17.2. The number of aromatic nitrogens is 1. The van der Waals surface area contributed by atoms with E-state index >= 15 is 0 Å². The van der Waals surface area contributed by atoms with Gasteiger partial charge in [0.25, 0.3) is 0 Å². The summed E-state index contributed by atoms with van der Waals surface area (Å²) in [5, 5.41) is 5.15. The molecule has 0 aromatic carbocycles. The van der Waals surface area contributed by atoms with Crippen molar-refractivity contribution in [2.75, 3.05) is 0 Å². The lowest BCUT2D eigenvalue weighted by Gasteiger charge is -2.31. The van der Waals surface area contributed by atoms with Crippen LogP contribution in [0.1, 0.15) is 31.4 Å². The molecule has 130 valence electrons. The van der Waals surface area contributed by atoms with E-state index in [1.807, 2.05) is 0 Å². The van der Waals surface area contributed by atoms with Gasteiger partial charge in [-0.15, -0.1) is 11.3 Å². The molecule has 2 aromatic heterocycles. The Hall–Kier alpha value is -1.83. The highest BCUT2D eigenvalue weighted by atomic mass is 32.1. The SMILES string of the molecule is O=C(Cc1csc(-c2ccco2)n1)NC1CCCC(C(F)(F)F)C1.